The fourth-order valence-corrected chi connectivity index (χ4v) is 4.25. The Kier molecular flexibility index (Phi) is 6.07. The first-order valence-electron chi connectivity index (χ1n) is 7.75. The number of hydrogen-bond donors (Lipinski definition) is 0. The van der Waals surface area contributed by atoms with Gasteiger partial charge < -0.3 is 9.47 Å². The van der Waals surface area contributed by atoms with Gasteiger partial charge in [0.1, 0.15) is 0 Å². The minimum Gasteiger partial charge on any atom is -0.424 e. The number of carbonyl (C=O) groups excluding carboxylic acids is 2. The average Bonchev–Trinajstić information content (AvgIpc) is 2.99. The predicted octanol–water partition coefficient (Wildman–Crippen LogP) is 4.56. The van der Waals surface area contributed by atoms with Crippen molar-refractivity contribution in [3.63, 3.8) is 0 Å². The molecule has 0 unspecified atom stereocenters. The fraction of sp³-hybridized carbons (Fsp3) is 0.105. The van der Waals surface area contributed by atoms with E-state index in [0.717, 1.165) is 18.3 Å². The Bertz CT molecular complexity index is 913. The molecule has 0 saturated heterocycles. The second-order valence-corrected chi connectivity index (χ2v) is 7.67. The molecule has 0 amide bonds. The molecule has 26 heavy (non-hydrogen) atoms. The number of carbonyl (C=O) groups is 2. The van der Waals surface area contributed by atoms with Crippen molar-refractivity contribution >= 4 is 69.1 Å². The molecule has 0 atom stereocenters. The highest BCUT2D eigenvalue weighted by atomic mass is 127. The molecule has 132 valence electrons. The Hall–Kier alpha value is -1.75. The lowest BCUT2D eigenvalue weighted by Crippen LogP contribution is -2.08. The Labute approximate surface area is 177 Å². The molecule has 5 nitrogen and oxygen atoms in total. The van der Waals surface area contributed by atoms with Gasteiger partial charge in [-0.25, -0.2) is 9.79 Å². The van der Waals surface area contributed by atoms with Gasteiger partial charge in [-0.05, 0) is 81.1 Å². The summed E-state index contributed by atoms with van der Waals surface area (Å²) in [6.45, 7) is 1.74. The van der Waals surface area contributed by atoms with Gasteiger partial charge in [0.15, 0.2) is 11.4 Å². The zero-order valence-electron chi connectivity index (χ0n) is 13.7. The van der Waals surface area contributed by atoms with Crippen LogP contribution in [-0.4, -0.2) is 17.8 Å². The summed E-state index contributed by atoms with van der Waals surface area (Å²) in [5, 5.41) is 0. The van der Waals surface area contributed by atoms with Gasteiger partial charge in [-0.3, -0.25) is 4.79 Å². The largest absolute Gasteiger partial charge is 0.424 e. The summed E-state index contributed by atoms with van der Waals surface area (Å²) in [5.41, 5.74) is 1.75. The van der Waals surface area contributed by atoms with Crippen molar-refractivity contribution in [3.8, 4) is 5.75 Å². The van der Waals surface area contributed by atoms with Crippen LogP contribution < -0.4 is 4.74 Å². The van der Waals surface area contributed by atoms with Gasteiger partial charge in [0, 0.05) is 12.0 Å². The van der Waals surface area contributed by atoms with Gasteiger partial charge >= 0.3 is 11.9 Å². The molecule has 0 aromatic heterocycles. The molecule has 1 aliphatic rings. The van der Waals surface area contributed by atoms with Gasteiger partial charge in [-0.2, -0.15) is 0 Å². The van der Waals surface area contributed by atoms with E-state index in [-0.39, 0.29) is 11.7 Å². The number of cyclic esters (lactones) is 1. The summed E-state index contributed by atoms with van der Waals surface area (Å²) in [5.74, 6) is 0.0428. The van der Waals surface area contributed by atoms with Crippen LogP contribution in [0.25, 0.3) is 6.08 Å². The number of esters is 2. The van der Waals surface area contributed by atoms with E-state index in [1.807, 2.05) is 42.5 Å². The van der Waals surface area contributed by atoms with Crippen LogP contribution in [0.1, 0.15) is 24.5 Å². The number of benzene rings is 2. The van der Waals surface area contributed by atoms with E-state index in [4.69, 9.17) is 9.47 Å². The summed E-state index contributed by atoms with van der Waals surface area (Å²) in [4.78, 5) is 27.9. The maximum Gasteiger partial charge on any atom is 0.363 e. The van der Waals surface area contributed by atoms with Crippen molar-refractivity contribution in [2.45, 2.75) is 13.3 Å². The van der Waals surface area contributed by atoms with E-state index in [0.29, 0.717) is 18.1 Å². The molecule has 3 rings (SSSR count). The predicted molar refractivity (Wildman–Crippen MR) is 115 cm³/mol. The zero-order chi connectivity index (χ0) is 18.7. The third-order valence-corrected chi connectivity index (χ3v) is 5.07. The molecule has 2 aromatic carbocycles. The lowest BCUT2D eigenvalue weighted by atomic mass is 10.2. The SMILES string of the molecule is CCC(=O)Oc1c(I)cc(/C=C2\N=C(c3ccccc3)OC2=O)cc1I. The molecular formula is C19H13I2NO4. The van der Waals surface area contributed by atoms with Crippen LogP contribution in [0.3, 0.4) is 0 Å². The molecule has 0 spiro atoms. The lowest BCUT2D eigenvalue weighted by molar-refractivity contribution is -0.134. The van der Waals surface area contributed by atoms with Crippen LogP contribution in [0.4, 0.5) is 0 Å². The van der Waals surface area contributed by atoms with Crippen molar-refractivity contribution in [2.75, 3.05) is 0 Å². The van der Waals surface area contributed by atoms with E-state index < -0.39 is 5.97 Å². The number of rotatable bonds is 4. The molecule has 2 aromatic rings. The maximum atomic E-state index is 12.1. The van der Waals surface area contributed by atoms with Crippen LogP contribution in [0, 0.1) is 7.14 Å². The van der Waals surface area contributed by atoms with Crippen LogP contribution in [-0.2, 0) is 14.3 Å². The van der Waals surface area contributed by atoms with Crippen molar-refractivity contribution < 1.29 is 19.1 Å². The third-order valence-electron chi connectivity index (χ3n) is 3.47. The monoisotopic (exact) mass is 573 g/mol. The summed E-state index contributed by atoms with van der Waals surface area (Å²) < 4.78 is 12.2. The number of ether oxygens (including phenoxy) is 2. The Morgan fingerprint density at radius 3 is 2.46 bits per heavy atom. The third kappa shape index (κ3) is 4.32. The summed E-state index contributed by atoms with van der Waals surface area (Å²) in [7, 11) is 0. The van der Waals surface area contributed by atoms with E-state index in [9.17, 15) is 9.59 Å². The summed E-state index contributed by atoms with van der Waals surface area (Å²) >= 11 is 4.21. The van der Waals surface area contributed by atoms with Crippen molar-refractivity contribution in [1.29, 1.82) is 0 Å². The van der Waals surface area contributed by atoms with Crippen molar-refractivity contribution in [1.82, 2.24) is 0 Å². The first-order valence-corrected chi connectivity index (χ1v) is 9.91. The molecule has 0 bridgehead atoms. The highest BCUT2D eigenvalue weighted by Crippen LogP contribution is 2.31. The van der Waals surface area contributed by atoms with E-state index in [1.54, 1.807) is 13.0 Å². The second kappa shape index (κ2) is 8.30. The molecule has 1 aliphatic heterocycles. The summed E-state index contributed by atoms with van der Waals surface area (Å²) in [6, 6.07) is 12.9. The number of hydrogen-bond acceptors (Lipinski definition) is 5. The first kappa shape index (κ1) is 19.0. The second-order valence-electron chi connectivity index (χ2n) is 5.34. The van der Waals surface area contributed by atoms with Crippen LogP contribution in [0.5, 0.6) is 5.75 Å². The number of nitrogens with zero attached hydrogens (tertiary/aromatic N) is 1. The summed E-state index contributed by atoms with van der Waals surface area (Å²) in [6.07, 6.45) is 1.97. The van der Waals surface area contributed by atoms with Gasteiger partial charge in [0.05, 0.1) is 7.14 Å². The van der Waals surface area contributed by atoms with Crippen molar-refractivity contribution in [3.05, 3.63) is 66.4 Å². The zero-order valence-corrected chi connectivity index (χ0v) is 18.0. The smallest absolute Gasteiger partial charge is 0.363 e. The molecule has 0 radical (unpaired) electrons. The van der Waals surface area contributed by atoms with E-state index in [1.165, 1.54) is 0 Å². The molecule has 0 fully saturated rings. The molecule has 0 aliphatic carbocycles. The van der Waals surface area contributed by atoms with E-state index >= 15 is 0 Å². The van der Waals surface area contributed by atoms with Gasteiger partial charge in [-0.1, -0.05) is 25.1 Å². The standard InChI is InChI=1S/C19H13I2NO4/c1-2-16(23)25-17-13(20)8-11(9-14(17)21)10-15-19(24)26-18(22-15)12-6-4-3-5-7-12/h3-10H,2H2,1H3/b15-10-. The molecule has 7 heteroatoms. The van der Waals surface area contributed by atoms with Crippen molar-refractivity contribution in [2.24, 2.45) is 4.99 Å². The van der Waals surface area contributed by atoms with Crippen LogP contribution in [0.15, 0.2) is 53.2 Å². The minimum atomic E-state index is -0.490. The minimum absolute atomic E-state index is 0.230. The Morgan fingerprint density at radius 1 is 1.19 bits per heavy atom. The van der Waals surface area contributed by atoms with Gasteiger partial charge in [0.2, 0.25) is 5.90 Å². The maximum absolute atomic E-state index is 12.1. The Morgan fingerprint density at radius 2 is 1.85 bits per heavy atom. The molecule has 0 saturated carbocycles. The molecule has 0 N–H and O–H groups in total. The topological polar surface area (TPSA) is 65.0 Å². The average molecular weight is 573 g/mol. The van der Waals surface area contributed by atoms with E-state index in [2.05, 4.69) is 50.2 Å². The number of halogens is 2. The molecule has 1 heterocycles. The number of aliphatic imine (C=N–C) groups is 1. The highest BCUT2D eigenvalue weighted by molar-refractivity contribution is 14.1. The highest BCUT2D eigenvalue weighted by Gasteiger charge is 2.24. The molecular weight excluding hydrogens is 560 g/mol. The quantitative estimate of drug-likeness (QED) is 0.233. The van der Waals surface area contributed by atoms with Gasteiger partial charge in [-0.15, -0.1) is 0 Å². The normalized spacial score (nSPS) is 15.0. The fourth-order valence-electron chi connectivity index (χ4n) is 2.22. The Balaban J connectivity index is 1.91. The van der Waals surface area contributed by atoms with Crippen LogP contribution in [0.2, 0.25) is 0 Å². The van der Waals surface area contributed by atoms with Gasteiger partial charge in [0.25, 0.3) is 0 Å². The lowest BCUT2D eigenvalue weighted by Gasteiger charge is -2.09. The first-order chi connectivity index (χ1) is 12.5. The van der Waals surface area contributed by atoms with Crippen LogP contribution >= 0.6 is 45.2 Å².